The molecule has 0 unspecified atom stereocenters. The van der Waals surface area contributed by atoms with E-state index in [0.717, 1.165) is 34.2 Å². The average Bonchev–Trinajstić information content (AvgIpc) is 3.24. The first-order valence-electron chi connectivity index (χ1n) is 12.9. The highest BCUT2D eigenvalue weighted by Crippen LogP contribution is 2.28. The maximum Gasteiger partial charge on any atom is 0.309 e. The number of piperidine rings is 1. The molecule has 0 bridgehead atoms. The molecule has 4 aromatic rings. The molecule has 192 valence electrons. The SMILES string of the molecule is CCOC(=O)C1CCN(C(=O)CCCSc2nnc3c4ccccc4n(Cc4ccccc4)c3n2)CC1. The monoisotopic (exact) mass is 517 g/mol. The smallest absolute Gasteiger partial charge is 0.309 e. The van der Waals surface area contributed by atoms with E-state index < -0.39 is 0 Å². The van der Waals surface area contributed by atoms with Gasteiger partial charge >= 0.3 is 5.97 Å². The lowest BCUT2D eigenvalue weighted by Gasteiger charge is -2.31. The van der Waals surface area contributed by atoms with Crippen molar-refractivity contribution in [2.24, 2.45) is 5.92 Å². The van der Waals surface area contributed by atoms with E-state index in [9.17, 15) is 9.59 Å². The van der Waals surface area contributed by atoms with Crippen LogP contribution in [-0.4, -0.2) is 62.0 Å². The standard InChI is InChI=1S/C28H31N5O3S/c1-2-36-27(35)21-14-16-32(17-15-21)24(34)13-8-18-37-28-29-26-25(30-31-28)22-11-6-7-12-23(22)33(26)19-20-9-4-3-5-10-20/h3-7,9-12,21H,2,8,13-19H2,1H3. The second-order valence-corrected chi connectivity index (χ2v) is 10.3. The van der Waals surface area contributed by atoms with Crippen LogP contribution < -0.4 is 0 Å². The summed E-state index contributed by atoms with van der Waals surface area (Å²) < 4.78 is 7.31. The number of thioether (sulfide) groups is 1. The van der Waals surface area contributed by atoms with Crippen molar-refractivity contribution in [3.63, 3.8) is 0 Å². The predicted molar refractivity (Wildman–Crippen MR) is 144 cm³/mol. The minimum Gasteiger partial charge on any atom is -0.466 e. The highest BCUT2D eigenvalue weighted by Gasteiger charge is 2.27. The number of para-hydroxylation sites is 1. The number of esters is 1. The van der Waals surface area contributed by atoms with Gasteiger partial charge in [0.15, 0.2) is 5.65 Å². The highest BCUT2D eigenvalue weighted by molar-refractivity contribution is 7.99. The fraction of sp³-hybridized carbons (Fsp3) is 0.393. The van der Waals surface area contributed by atoms with Crippen LogP contribution in [-0.2, 0) is 20.9 Å². The topological polar surface area (TPSA) is 90.2 Å². The lowest BCUT2D eigenvalue weighted by atomic mass is 9.97. The van der Waals surface area contributed by atoms with Crippen molar-refractivity contribution in [3.8, 4) is 0 Å². The molecule has 3 heterocycles. The van der Waals surface area contributed by atoms with Crippen LogP contribution in [0.15, 0.2) is 59.8 Å². The number of hydrogen-bond donors (Lipinski definition) is 0. The van der Waals surface area contributed by atoms with Gasteiger partial charge in [-0.1, -0.05) is 60.3 Å². The normalized spacial score (nSPS) is 14.4. The molecule has 0 N–H and O–H groups in total. The number of aromatic nitrogens is 4. The van der Waals surface area contributed by atoms with Gasteiger partial charge in [-0.15, -0.1) is 10.2 Å². The molecule has 0 atom stereocenters. The fourth-order valence-corrected chi connectivity index (χ4v) is 5.57. The first-order valence-corrected chi connectivity index (χ1v) is 13.9. The Labute approximate surface area is 220 Å². The van der Waals surface area contributed by atoms with Crippen molar-refractivity contribution in [1.82, 2.24) is 24.6 Å². The van der Waals surface area contributed by atoms with Gasteiger partial charge in [0.25, 0.3) is 0 Å². The van der Waals surface area contributed by atoms with E-state index in [0.29, 0.717) is 50.7 Å². The molecule has 2 aromatic heterocycles. The predicted octanol–water partition coefficient (Wildman–Crippen LogP) is 4.70. The second kappa shape index (κ2) is 11.7. The Hall–Kier alpha value is -3.46. The number of rotatable bonds is 9. The molecule has 1 amide bonds. The molecule has 2 aromatic carbocycles. The first kappa shape index (κ1) is 25.2. The lowest BCUT2D eigenvalue weighted by molar-refractivity contribution is -0.151. The molecule has 1 saturated heterocycles. The summed E-state index contributed by atoms with van der Waals surface area (Å²) >= 11 is 1.53. The van der Waals surface area contributed by atoms with E-state index in [-0.39, 0.29) is 17.8 Å². The second-order valence-electron chi connectivity index (χ2n) is 9.21. The highest BCUT2D eigenvalue weighted by atomic mass is 32.2. The molecule has 1 aliphatic heterocycles. The molecule has 1 fully saturated rings. The largest absolute Gasteiger partial charge is 0.466 e. The number of nitrogens with zero attached hydrogens (tertiary/aromatic N) is 5. The Morgan fingerprint density at radius 1 is 1.03 bits per heavy atom. The zero-order valence-electron chi connectivity index (χ0n) is 21.0. The number of hydrogen-bond acceptors (Lipinski definition) is 7. The molecule has 8 nitrogen and oxygen atoms in total. The van der Waals surface area contributed by atoms with Gasteiger partial charge in [0.2, 0.25) is 11.1 Å². The molecule has 5 rings (SSSR count). The van der Waals surface area contributed by atoms with Crippen LogP contribution in [0.25, 0.3) is 22.1 Å². The summed E-state index contributed by atoms with van der Waals surface area (Å²) in [6.45, 7) is 4.15. The summed E-state index contributed by atoms with van der Waals surface area (Å²) in [4.78, 5) is 31.3. The molecule has 37 heavy (non-hydrogen) atoms. The number of amides is 1. The number of likely N-dealkylation sites (tertiary alicyclic amines) is 1. The number of fused-ring (bicyclic) bond motifs is 3. The van der Waals surface area contributed by atoms with Gasteiger partial charge in [-0.2, -0.15) is 0 Å². The number of benzene rings is 2. The van der Waals surface area contributed by atoms with Crippen LogP contribution in [0.4, 0.5) is 0 Å². The van der Waals surface area contributed by atoms with E-state index in [4.69, 9.17) is 9.72 Å². The van der Waals surface area contributed by atoms with Crippen LogP contribution in [0.2, 0.25) is 0 Å². The van der Waals surface area contributed by atoms with E-state index in [1.165, 1.54) is 17.3 Å². The van der Waals surface area contributed by atoms with E-state index in [1.807, 2.05) is 42.2 Å². The number of ether oxygens (including phenoxy) is 1. The Bertz CT molecular complexity index is 1380. The van der Waals surface area contributed by atoms with Crippen molar-refractivity contribution in [2.45, 2.75) is 44.3 Å². The summed E-state index contributed by atoms with van der Waals surface area (Å²) in [5, 5.41) is 10.6. The van der Waals surface area contributed by atoms with Crippen molar-refractivity contribution in [3.05, 3.63) is 60.2 Å². The summed E-state index contributed by atoms with van der Waals surface area (Å²) in [7, 11) is 0. The van der Waals surface area contributed by atoms with Gasteiger partial charge in [-0.05, 0) is 37.8 Å². The Morgan fingerprint density at radius 3 is 2.57 bits per heavy atom. The minimum absolute atomic E-state index is 0.0865. The van der Waals surface area contributed by atoms with E-state index in [2.05, 4.69) is 39.0 Å². The fourth-order valence-electron chi connectivity index (χ4n) is 4.85. The molecule has 0 spiro atoms. The van der Waals surface area contributed by atoms with Crippen molar-refractivity contribution in [2.75, 3.05) is 25.4 Å². The van der Waals surface area contributed by atoms with E-state index >= 15 is 0 Å². The van der Waals surface area contributed by atoms with E-state index in [1.54, 1.807) is 0 Å². The van der Waals surface area contributed by atoms with Crippen LogP contribution in [0.3, 0.4) is 0 Å². The summed E-state index contributed by atoms with van der Waals surface area (Å²) in [6.07, 6.45) is 2.56. The molecule has 0 aliphatic carbocycles. The molecule has 1 aliphatic rings. The third-order valence-corrected chi connectivity index (χ3v) is 7.70. The average molecular weight is 518 g/mol. The Balaban J connectivity index is 1.20. The lowest BCUT2D eigenvalue weighted by Crippen LogP contribution is -2.40. The number of carbonyl (C=O) groups is 2. The third kappa shape index (κ3) is 5.77. The van der Waals surface area contributed by atoms with Crippen molar-refractivity contribution in [1.29, 1.82) is 0 Å². The van der Waals surface area contributed by atoms with Gasteiger partial charge in [0, 0.05) is 37.2 Å². The van der Waals surface area contributed by atoms with Gasteiger partial charge in [-0.25, -0.2) is 4.98 Å². The Morgan fingerprint density at radius 2 is 1.78 bits per heavy atom. The molecule has 0 saturated carbocycles. The molecule has 0 radical (unpaired) electrons. The maximum absolute atomic E-state index is 12.7. The van der Waals surface area contributed by atoms with Crippen LogP contribution in [0.5, 0.6) is 0 Å². The summed E-state index contributed by atoms with van der Waals surface area (Å²) in [5.74, 6) is 0.647. The van der Waals surface area contributed by atoms with Gasteiger partial charge < -0.3 is 14.2 Å². The molecule has 9 heteroatoms. The minimum atomic E-state index is -0.139. The maximum atomic E-state index is 12.7. The summed E-state index contributed by atoms with van der Waals surface area (Å²) in [6, 6.07) is 18.5. The zero-order chi connectivity index (χ0) is 25.6. The Kier molecular flexibility index (Phi) is 7.99. The van der Waals surface area contributed by atoms with Crippen LogP contribution in [0, 0.1) is 5.92 Å². The van der Waals surface area contributed by atoms with Crippen molar-refractivity contribution < 1.29 is 14.3 Å². The van der Waals surface area contributed by atoms with Gasteiger partial charge in [0.1, 0.15) is 5.52 Å². The van der Waals surface area contributed by atoms with Crippen LogP contribution in [0.1, 0.15) is 38.2 Å². The summed E-state index contributed by atoms with van der Waals surface area (Å²) in [5.41, 5.74) is 3.91. The quantitative estimate of drug-likeness (QED) is 0.181. The van der Waals surface area contributed by atoms with Gasteiger partial charge in [0.05, 0.1) is 18.0 Å². The first-order chi connectivity index (χ1) is 18.1. The number of carbonyl (C=O) groups excluding carboxylic acids is 2. The molecular weight excluding hydrogens is 486 g/mol. The van der Waals surface area contributed by atoms with Gasteiger partial charge in [-0.3, -0.25) is 9.59 Å². The third-order valence-electron chi connectivity index (χ3n) is 6.77. The molecular formula is C28H31N5O3S. The van der Waals surface area contributed by atoms with Crippen molar-refractivity contribution >= 4 is 45.7 Å². The zero-order valence-corrected chi connectivity index (χ0v) is 21.8. The van der Waals surface area contributed by atoms with Crippen LogP contribution >= 0.6 is 11.8 Å².